The van der Waals surface area contributed by atoms with Crippen LogP contribution < -0.4 is 0 Å². The first-order valence-electron chi connectivity index (χ1n) is 7.75. The molecule has 4 nitrogen and oxygen atoms in total. The lowest BCUT2D eigenvalue weighted by molar-refractivity contribution is -0.00481. The third-order valence-corrected chi connectivity index (χ3v) is 4.07. The summed E-state index contributed by atoms with van der Waals surface area (Å²) in [5.41, 5.74) is 2.24. The second kappa shape index (κ2) is 5.54. The van der Waals surface area contributed by atoms with E-state index in [1.54, 1.807) is 4.90 Å². The summed E-state index contributed by atoms with van der Waals surface area (Å²) >= 11 is 0. The number of halogens is 1. The summed E-state index contributed by atoms with van der Waals surface area (Å²) in [7, 11) is 0. The fraction of sp³-hybridized carbons (Fsp3) is 0.588. The van der Waals surface area contributed by atoms with Crippen molar-refractivity contribution >= 4 is 6.09 Å². The van der Waals surface area contributed by atoms with Crippen molar-refractivity contribution in [2.24, 2.45) is 0 Å². The maximum absolute atomic E-state index is 14.0. The molecule has 0 fully saturated rings. The molecule has 0 spiro atoms. The summed E-state index contributed by atoms with van der Waals surface area (Å²) in [4.78, 5) is 14.0. The summed E-state index contributed by atoms with van der Waals surface area (Å²) < 4.78 is 25.3. The van der Waals surface area contributed by atoms with Gasteiger partial charge in [0.1, 0.15) is 17.5 Å². The van der Waals surface area contributed by atoms with Crippen LogP contribution in [0.25, 0.3) is 0 Å². The molecule has 0 aliphatic carbocycles. The van der Waals surface area contributed by atoms with Gasteiger partial charge in [-0.05, 0) is 56.4 Å². The highest BCUT2D eigenvalue weighted by Gasteiger charge is 2.33. The van der Waals surface area contributed by atoms with Crippen molar-refractivity contribution < 1.29 is 18.7 Å². The second-order valence-corrected chi connectivity index (χ2v) is 6.88. The van der Waals surface area contributed by atoms with Crippen LogP contribution in [0.4, 0.5) is 9.18 Å². The predicted molar refractivity (Wildman–Crippen MR) is 80.3 cm³/mol. The topological polar surface area (TPSA) is 38.8 Å². The second-order valence-electron chi connectivity index (χ2n) is 6.88. The van der Waals surface area contributed by atoms with Gasteiger partial charge in [-0.3, -0.25) is 0 Å². The number of nitrogens with zero attached hydrogens (tertiary/aromatic N) is 1. The van der Waals surface area contributed by atoms with Crippen LogP contribution in [0.1, 0.15) is 43.6 Å². The van der Waals surface area contributed by atoms with Crippen LogP contribution in [-0.2, 0) is 22.3 Å². The van der Waals surface area contributed by atoms with Crippen molar-refractivity contribution in [3.8, 4) is 0 Å². The van der Waals surface area contributed by atoms with Gasteiger partial charge in [-0.25, -0.2) is 9.18 Å². The van der Waals surface area contributed by atoms with Crippen LogP contribution >= 0.6 is 0 Å². The largest absolute Gasteiger partial charge is 0.444 e. The lowest BCUT2D eigenvalue weighted by Crippen LogP contribution is -2.40. The van der Waals surface area contributed by atoms with Crippen molar-refractivity contribution in [2.75, 3.05) is 19.7 Å². The highest BCUT2D eigenvalue weighted by atomic mass is 19.1. The van der Waals surface area contributed by atoms with E-state index >= 15 is 0 Å². The van der Waals surface area contributed by atoms with Crippen LogP contribution in [0.15, 0.2) is 12.1 Å². The Hall–Kier alpha value is -1.62. The first-order chi connectivity index (χ1) is 10.3. The van der Waals surface area contributed by atoms with Crippen LogP contribution in [0.2, 0.25) is 0 Å². The number of ether oxygens (including phenoxy) is 2. The van der Waals surface area contributed by atoms with E-state index in [9.17, 15) is 9.18 Å². The van der Waals surface area contributed by atoms with Gasteiger partial charge in [0.25, 0.3) is 0 Å². The van der Waals surface area contributed by atoms with E-state index in [1.165, 1.54) is 6.07 Å². The third-order valence-electron chi connectivity index (χ3n) is 4.07. The quantitative estimate of drug-likeness (QED) is 0.738. The van der Waals surface area contributed by atoms with Gasteiger partial charge in [-0.1, -0.05) is 6.07 Å². The fourth-order valence-electron chi connectivity index (χ4n) is 3.13. The molecule has 0 saturated carbocycles. The van der Waals surface area contributed by atoms with E-state index in [4.69, 9.17) is 9.47 Å². The number of carbonyl (C=O) groups is 1. The Morgan fingerprint density at radius 3 is 2.86 bits per heavy atom. The number of rotatable bonds is 0. The average molecular weight is 307 g/mol. The molecule has 2 heterocycles. The summed E-state index contributed by atoms with van der Waals surface area (Å²) in [5, 5.41) is 0. The first kappa shape index (κ1) is 15.3. The molecule has 0 saturated heterocycles. The van der Waals surface area contributed by atoms with E-state index in [-0.39, 0.29) is 18.0 Å². The molecule has 0 aromatic heterocycles. The molecule has 2 aliphatic heterocycles. The SMILES string of the molecule is CC(C)(C)OC(=O)N1CCc2ccc(F)c3c2C(C1)OCC3. The Labute approximate surface area is 130 Å². The molecular weight excluding hydrogens is 285 g/mol. The number of amides is 1. The lowest BCUT2D eigenvalue weighted by Gasteiger charge is -2.31. The van der Waals surface area contributed by atoms with Gasteiger partial charge >= 0.3 is 6.09 Å². The minimum absolute atomic E-state index is 0.169. The molecule has 0 bridgehead atoms. The van der Waals surface area contributed by atoms with Crippen LogP contribution in [0, 0.1) is 5.82 Å². The summed E-state index contributed by atoms with van der Waals surface area (Å²) in [5.74, 6) is -0.169. The van der Waals surface area contributed by atoms with E-state index in [2.05, 4.69) is 0 Å². The molecule has 1 unspecified atom stereocenters. The zero-order chi connectivity index (χ0) is 15.9. The summed E-state index contributed by atoms with van der Waals surface area (Å²) in [6.07, 6.45) is 0.695. The Kier molecular flexibility index (Phi) is 3.85. The van der Waals surface area contributed by atoms with E-state index in [1.807, 2.05) is 26.8 Å². The molecule has 1 amide bonds. The zero-order valence-electron chi connectivity index (χ0n) is 13.3. The minimum Gasteiger partial charge on any atom is -0.444 e. The van der Waals surface area contributed by atoms with E-state index in [0.29, 0.717) is 32.5 Å². The molecule has 0 radical (unpaired) electrons. The Bertz CT molecular complexity index is 594. The molecule has 22 heavy (non-hydrogen) atoms. The standard InChI is InChI=1S/C17H22FNO3/c1-17(2,3)22-16(20)19-8-6-11-4-5-13(18)12-7-9-21-14(10-19)15(11)12/h4-5,14H,6-10H2,1-3H3. The van der Waals surface area contributed by atoms with E-state index in [0.717, 1.165) is 16.7 Å². The molecule has 0 N–H and O–H groups in total. The molecule has 120 valence electrons. The van der Waals surface area contributed by atoms with Gasteiger partial charge in [0, 0.05) is 6.54 Å². The third kappa shape index (κ3) is 2.95. The summed E-state index contributed by atoms with van der Waals surface area (Å²) in [6, 6.07) is 3.34. The van der Waals surface area contributed by atoms with E-state index < -0.39 is 5.60 Å². The Balaban J connectivity index is 1.87. The Morgan fingerprint density at radius 2 is 2.14 bits per heavy atom. The van der Waals surface area contributed by atoms with Crippen molar-refractivity contribution in [2.45, 2.75) is 45.3 Å². The van der Waals surface area contributed by atoms with Gasteiger partial charge < -0.3 is 14.4 Å². The maximum Gasteiger partial charge on any atom is 0.410 e. The first-order valence-corrected chi connectivity index (χ1v) is 7.75. The smallest absolute Gasteiger partial charge is 0.410 e. The van der Waals surface area contributed by atoms with Crippen molar-refractivity contribution in [1.82, 2.24) is 4.90 Å². The average Bonchev–Trinajstić information content (AvgIpc) is 2.62. The molecule has 2 aliphatic rings. The van der Waals surface area contributed by atoms with Gasteiger partial charge in [0.05, 0.1) is 13.2 Å². The number of hydrogen-bond acceptors (Lipinski definition) is 3. The molecule has 1 aromatic carbocycles. The van der Waals surface area contributed by atoms with Gasteiger partial charge in [-0.15, -0.1) is 0 Å². The molecule has 1 aromatic rings. The fourth-order valence-corrected chi connectivity index (χ4v) is 3.13. The van der Waals surface area contributed by atoms with Crippen LogP contribution in [0.5, 0.6) is 0 Å². The molecule has 1 atom stereocenters. The highest BCUT2D eigenvalue weighted by molar-refractivity contribution is 5.68. The Morgan fingerprint density at radius 1 is 1.36 bits per heavy atom. The van der Waals surface area contributed by atoms with Crippen molar-refractivity contribution in [1.29, 1.82) is 0 Å². The van der Waals surface area contributed by atoms with Crippen molar-refractivity contribution in [3.05, 3.63) is 34.6 Å². The number of carbonyl (C=O) groups excluding carboxylic acids is 1. The highest BCUT2D eigenvalue weighted by Crippen LogP contribution is 2.35. The summed E-state index contributed by atoms with van der Waals surface area (Å²) in [6.45, 7) is 7.01. The maximum atomic E-state index is 14.0. The normalized spacial score (nSPS) is 21.1. The zero-order valence-corrected chi connectivity index (χ0v) is 13.3. The monoisotopic (exact) mass is 307 g/mol. The van der Waals surface area contributed by atoms with Crippen LogP contribution in [0.3, 0.4) is 0 Å². The molecular formula is C17H22FNO3. The lowest BCUT2D eigenvalue weighted by atomic mass is 9.91. The minimum atomic E-state index is -0.527. The molecule has 5 heteroatoms. The van der Waals surface area contributed by atoms with Gasteiger partial charge in [0.2, 0.25) is 0 Å². The van der Waals surface area contributed by atoms with Crippen LogP contribution in [-0.4, -0.2) is 36.3 Å². The predicted octanol–water partition coefficient (Wildman–Crippen LogP) is 3.23. The van der Waals surface area contributed by atoms with Gasteiger partial charge in [0.15, 0.2) is 0 Å². The van der Waals surface area contributed by atoms with Gasteiger partial charge in [-0.2, -0.15) is 0 Å². The van der Waals surface area contributed by atoms with Crippen molar-refractivity contribution in [3.63, 3.8) is 0 Å². The molecule has 3 rings (SSSR count). The number of benzene rings is 1. The number of hydrogen-bond donors (Lipinski definition) is 0.